The van der Waals surface area contributed by atoms with Crippen molar-refractivity contribution in [2.24, 2.45) is 5.10 Å². The van der Waals surface area contributed by atoms with Crippen molar-refractivity contribution in [1.29, 1.82) is 0 Å². The molecule has 7 nitrogen and oxygen atoms in total. The van der Waals surface area contributed by atoms with Gasteiger partial charge in [0.2, 0.25) is 5.75 Å². The van der Waals surface area contributed by atoms with Gasteiger partial charge in [-0.05, 0) is 42.0 Å². The highest BCUT2D eigenvalue weighted by atomic mass is 35.5. The molecule has 0 unspecified atom stereocenters. The van der Waals surface area contributed by atoms with Crippen molar-refractivity contribution < 1.29 is 14.4 Å². The van der Waals surface area contributed by atoms with E-state index >= 15 is 0 Å². The van der Waals surface area contributed by atoms with E-state index in [1.165, 1.54) is 12.1 Å². The first kappa shape index (κ1) is 17.2. The minimum atomic E-state index is -0.523. The molecule has 8 heteroatoms. The van der Waals surface area contributed by atoms with E-state index in [1.807, 2.05) is 17.1 Å². The van der Waals surface area contributed by atoms with Crippen LogP contribution in [0.2, 0.25) is 5.02 Å². The zero-order valence-corrected chi connectivity index (χ0v) is 14.1. The molecule has 0 spiro atoms. The first-order chi connectivity index (χ1) is 12.1. The Hall–Kier alpha value is -2.64. The summed E-state index contributed by atoms with van der Waals surface area (Å²) in [6.45, 7) is 2.92. The second-order valence-electron chi connectivity index (χ2n) is 5.35. The Morgan fingerprint density at radius 3 is 2.60 bits per heavy atom. The van der Waals surface area contributed by atoms with Gasteiger partial charge in [0.1, 0.15) is 5.75 Å². The van der Waals surface area contributed by atoms with E-state index in [0.717, 1.165) is 18.7 Å². The second-order valence-corrected chi connectivity index (χ2v) is 5.79. The van der Waals surface area contributed by atoms with Gasteiger partial charge in [-0.2, -0.15) is 5.10 Å². The fourth-order valence-corrected chi connectivity index (χ4v) is 2.45. The Morgan fingerprint density at radius 1 is 1.20 bits per heavy atom. The van der Waals surface area contributed by atoms with Gasteiger partial charge in [-0.1, -0.05) is 11.6 Å². The van der Waals surface area contributed by atoms with E-state index in [4.69, 9.17) is 21.1 Å². The zero-order chi connectivity index (χ0) is 17.6. The molecule has 0 aromatic heterocycles. The summed E-state index contributed by atoms with van der Waals surface area (Å²) in [5, 5.41) is 17.7. The average molecular weight is 362 g/mol. The summed E-state index contributed by atoms with van der Waals surface area (Å²) in [7, 11) is 0. The van der Waals surface area contributed by atoms with E-state index in [1.54, 1.807) is 24.4 Å². The largest absolute Gasteiger partial charge is 0.450 e. The Balaban J connectivity index is 1.68. The molecule has 0 amide bonds. The molecular formula is C17H16ClN3O4. The monoisotopic (exact) mass is 361 g/mol. The number of benzene rings is 2. The Labute approximate surface area is 149 Å². The number of hydrogen-bond donors (Lipinski definition) is 0. The van der Waals surface area contributed by atoms with Crippen molar-refractivity contribution in [2.75, 3.05) is 26.3 Å². The summed E-state index contributed by atoms with van der Waals surface area (Å²) < 4.78 is 10.9. The Kier molecular flexibility index (Phi) is 5.47. The number of rotatable bonds is 5. The molecule has 1 aliphatic heterocycles. The summed E-state index contributed by atoms with van der Waals surface area (Å²) >= 11 is 5.80. The van der Waals surface area contributed by atoms with Crippen LogP contribution in [0, 0.1) is 10.1 Å². The fourth-order valence-electron chi connectivity index (χ4n) is 2.29. The maximum Gasteiger partial charge on any atom is 0.313 e. The van der Waals surface area contributed by atoms with Crippen molar-refractivity contribution in [2.45, 2.75) is 0 Å². The van der Waals surface area contributed by atoms with Crippen molar-refractivity contribution in [1.82, 2.24) is 5.01 Å². The van der Waals surface area contributed by atoms with E-state index in [-0.39, 0.29) is 16.5 Å². The molecule has 0 atom stereocenters. The Morgan fingerprint density at radius 2 is 1.92 bits per heavy atom. The van der Waals surface area contributed by atoms with Crippen LogP contribution in [0.3, 0.4) is 0 Å². The number of hydrogen-bond acceptors (Lipinski definition) is 6. The highest BCUT2D eigenvalue weighted by Crippen LogP contribution is 2.33. The molecule has 1 heterocycles. The number of ether oxygens (including phenoxy) is 2. The highest BCUT2D eigenvalue weighted by Gasteiger charge is 2.16. The summed E-state index contributed by atoms with van der Waals surface area (Å²) in [4.78, 5) is 10.6. The van der Waals surface area contributed by atoms with Crippen LogP contribution in [0.15, 0.2) is 47.6 Å². The first-order valence-electron chi connectivity index (χ1n) is 7.70. The molecule has 25 heavy (non-hydrogen) atoms. The van der Waals surface area contributed by atoms with E-state index in [2.05, 4.69) is 5.10 Å². The fraction of sp³-hybridized carbons (Fsp3) is 0.235. The maximum absolute atomic E-state index is 11.1. The standard InChI is InChI=1S/C17H16ClN3O4/c18-14-3-6-17(16(11-14)21(22)23)25-15-4-1-13(2-5-15)12-19-20-7-9-24-10-8-20/h1-6,11-12H,7-10H2/b19-12-. The zero-order valence-electron chi connectivity index (χ0n) is 13.3. The summed E-state index contributed by atoms with van der Waals surface area (Å²) in [5.74, 6) is 0.637. The van der Waals surface area contributed by atoms with Gasteiger partial charge in [-0.3, -0.25) is 15.1 Å². The number of morpholine rings is 1. The topological polar surface area (TPSA) is 77.2 Å². The van der Waals surface area contributed by atoms with E-state index < -0.39 is 4.92 Å². The van der Waals surface area contributed by atoms with Crippen molar-refractivity contribution in [3.8, 4) is 11.5 Å². The van der Waals surface area contributed by atoms with Gasteiger partial charge < -0.3 is 9.47 Å². The minimum absolute atomic E-state index is 0.143. The van der Waals surface area contributed by atoms with Crippen molar-refractivity contribution in [3.63, 3.8) is 0 Å². The number of nitro benzene ring substituents is 1. The molecule has 1 fully saturated rings. The van der Waals surface area contributed by atoms with E-state index in [0.29, 0.717) is 19.0 Å². The van der Waals surface area contributed by atoms with Gasteiger partial charge in [0, 0.05) is 11.1 Å². The lowest BCUT2D eigenvalue weighted by Gasteiger charge is -2.23. The van der Waals surface area contributed by atoms with Gasteiger partial charge >= 0.3 is 5.69 Å². The van der Waals surface area contributed by atoms with Gasteiger partial charge in [0.05, 0.1) is 37.4 Å². The van der Waals surface area contributed by atoms with Crippen LogP contribution >= 0.6 is 11.6 Å². The first-order valence-corrected chi connectivity index (χ1v) is 8.08. The van der Waals surface area contributed by atoms with Crippen LogP contribution in [0.4, 0.5) is 5.69 Å². The lowest BCUT2D eigenvalue weighted by molar-refractivity contribution is -0.385. The lowest BCUT2D eigenvalue weighted by Crippen LogP contribution is -2.32. The normalized spacial score (nSPS) is 14.7. The number of hydrazone groups is 1. The van der Waals surface area contributed by atoms with Crippen LogP contribution in [-0.4, -0.2) is 42.5 Å². The second kappa shape index (κ2) is 7.96. The molecule has 130 valence electrons. The predicted molar refractivity (Wildman–Crippen MR) is 94.6 cm³/mol. The van der Waals surface area contributed by atoms with Crippen LogP contribution in [0.25, 0.3) is 0 Å². The average Bonchev–Trinajstić information content (AvgIpc) is 2.63. The minimum Gasteiger partial charge on any atom is -0.450 e. The number of halogens is 1. The molecule has 2 aromatic carbocycles. The molecule has 0 radical (unpaired) electrons. The molecule has 1 aliphatic rings. The third-order valence-corrected chi connectivity index (χ3v) is 3.82. The lowest BCUT2D eigenvalue weighted by atomic mass is 10.2. The molecule has 0 N–H and O–H groups in total. The van der Waals surface area contributed by atoms with E-state index in [9.17, 15) is 10.1 Å². The van der Waals surface area contributed by atoms with Crippen molar-refractivity contribution >= 4 is 23.5 Å². The third-order valence-electron chi connectivity index (χ3n) is 3.58. The van der Waals surface area contributed by atoms with Gasteiger partial charge in [0.25, 0.3) is 0 Å². The SMILES string of the molecule is O=[N+]([O-])c1cc(Cl)ccc1Oc1ccc(/C=N\N2CCOCC2)cc1. The molecule has 0 aliphatic carbocycles. The third kappa shape index (κ3) is 4.68. The smallest absolute Gasteiger partial charge is 0.313 e. The summed E-state index contributed by atoms with van der Waals surface area (Å²) in [5.41, 5.74) is 0.731. The molecule has 0 saturated carbocycles. The molecule has 2 aromatic rings. The number of nitrogens with zero attached hydrogens (tertiary/aromatic N) is 3. The molecule has 0 bridgehead atoms. The quantitative estimate of drug-likeness (QED) is 0.461. The predicted octanol–water partition coefficient (Wildman–Crippen LogP) is 3.71. The molecule has 1 saturated heterocycles. The molecular weight excluding hydrogens is 346 g/mol. The summed E-state index contributed by atoms with van der Waals surface area (Å²) in [6.07, 6.45) is 1.76. The van der Waals surface area contributed by atoms with Crippen LogP contribution in [0.5, 0.6) is 11.5 Å². The van der Waals surface area contributed by atoms with Crippen molar-refractivity contribution in [3.05, 3.63) is 63.2 Å². The van der Waals surface area contributed by atoms with Crippen LogP contribution in [0.1, 0.15) is 5.56 Å². The number of nitro groups is 1. The maximum atomic E-state index is 11.1. The molecule has 3 rings (SSSR count). The van der Waals surface area contributed by atoms with Crippen LogP contribution < -0.4 is 4.74 Å². The Bertz CT molecular complexity index is 774. The highest BCUT2D eigenvalue weighted by molar-refractivity contribution is 6.30. The summed E-state index contributed by atoms with van der Waals surface area (Å²) in [6, 6.07) is 11.4. The van der Waals surface area contributed by atoms with Gasteiger partial charge in [-0.25, -0.2) is 0 Å². The van der Waals surface area contributed by atoms with Crippen LogP contribution in [-0.2, 0) is 4.74 Å². The van der Waals surface area contributed by atoms with Gasteiger partial charge in [-0.15, -0.1) is 0 Å². The van der Waals surface area contributed by atoms with Gasteiger partial charge in [0.15, 0.2) is 0 Å².